The molecule has 13 heavy (non-hydrogen) atoms. The van der Waals surface area contributed by atoms with Crippen LogP contribution in [-0.2, 0) is 0 Å². The van der Waals surface area contributed by atoms with Gasteiger partial charge in [0.15, 0.2) is 5.78 Å². The summed E-state index contributed by atoms with van der Waals surface area (Å²) in [6, 6.07) is 8.93. The molecule has 0 N–H and O–H groups in total. The molecule has 1 aromatic rings. The molecule has 0 aliphatic heterocycles. The van der Waals surface area contributed by atoms with E-state index < -0.39 is 0 Å². The van der Waals surface area contributed by atoms with Gasteiger partial charge in [-0.05, 0) is 0 Å². The largest absolute Gasteiger partial charge is 0.294 e. The van der Waals surface area contributed by atoms with E-state index >= 15 is 0 Å². The standard InChI is InChI=1S/C10H11NO2/c1-8(7-11-13)10(12)9-5-3-2-4-6-9/h2-6,8H,7H2,1H3. The van der Waals surface area contributed by atoms with Crippen LogP contribution in [0.5, 0.6) is 0 Å². The molecule has 0 saturated carbocycles. The Balaban J connectivity index is 2.73. The molecule has 0 fully saturated rings. The van der Waals surface area contributed by atoms with Crippen LogP contribution in [0.1, 0.15) is 17.3 Å². The zero-order chi connectivity index (χ0) is 9.68. The van der Waals surface area contributed by atoms with Gasteiger partial charge in [0.2, 0.25) is 0 Å². The number of carbonyl (C=O) groups is 1. The second-order valence-electron chi connectivity index (χ2n) is 2.94. The van der Waals surface area contributed by atoms with Crippen molar-refractivity contribution in [3.05, 3.63) is 40.8 Å². The maximum atomic E-state index is 11.5. The molecule has 1 atom stereocenters. The Bertz CT molecular complexity index is 295. The molecule has 0 spiro atoms. The molecule has 0 bridgehead atoms. The van der Waals surface area contributed by atoms with Gasteiger partial charge >= 0.3 is 0 Å². The van der Waals surface area contributed by atoms with Gasteiger partial charge in [0.05, 0.1) is 6.54 Å². The first-order chi connectivity index (χ1) is 6.25. The summed E-state index contributed by atoms with van der Waals surface area (Å²) in [7, 11) is 0. The molecule has 1 aromatic carbocycles. The van der Waals surface area contributed by atoms with Crippen molar-refractivity contribution < 1.29 is 4.79 Å². The first kappa shape index (κ1) is 9.58. The average Bonchev–Trinajstić information content (AvgIpc) is 2.18. The highest BCUT2D eigenvalue weighted by Gasteiger charge is 2.14. The minimum atomic E-state index is -0.320. The van der Waals surface area contributed by atoms with Crippen LogP contribution in [0, 0.1) is 10.8 Å². The van der Waals surface area contributed by atoms with Crippen LogP contribution < -0.4 is 0 Å². The van der Waals surface area contributed by atoms with Crippen LogP contribution >= 0.6 is 0 Å². The molecule has 0 aliphatic rings. The van der Waals surface area contributed by atoms with Gasteiger partial charge < -0.3 is 0 Å². The first-order valence-electron chi connectivity index (χ1n) is 4.14. The van der Waals surface area contributed by atoms with Crippen LogP contribution in [0.3, 0.4) is 0 Å². The van der Waals surface area contributed by atoms with Gasteiger partial charge in [-0.25, -0.2) is 0 Å². The van der Waals surface area contributed by atoms with Crippen LogP contribution in [0.4, 0.5) is 0 Å². The minimum Gasteiger partial charge on any atom is -0.294 e. The third-order valence-electron chi connectivity index (χ3n) is 1.85. The molecular formula is C10H11NO2. The Labute approximate surface area is 76.7 Å². The number of hydrogen-bond donors (Lipinski definition) is 0. The Kier molecular flexibility index (Phi) is 3.31. The number of Topliss-reactive ketones (excluding diaryl/α,β-unsaturated/α-hetero) is 1. The van der Waals surface area contributed by atoms with E-state index in [4.69, 9.17) is 0 Å². The lowest BCUT2D eigenvalue weighted by atomic mass is 10.00. The molecule has 0 aliphatic carbocycles. The van der Waals surface area contributed by atoms with Gasteiger partial charge in [-0.3, -0.25) is 4.79 Å². The van der Waals surface area contributed by atoms with Crippen molar-refractivity contribution in [2.45, 2.75) is 6.92 Å². The lowest BCUT2D eigenvalue weighted by molar-refractivity contribution is 0.0934. The van der Waals surface area contributed by atoms with Crippen molar-refractivity contribution in [2.75, 3.05) is 6.54 Å². The molecule has 3 heteroatoms. The lowest BCUT2D eigenvalue weighted by Crippen LogP contribution is -2.13. The fourth-order valence-electron chi connectivity index (χ4n) is 1.08. The highest BCUT2D eigenvalue weighted by molar-refractivity contribution is 5.97. The summed E-state index contributed by atoms with van der Waals surface area (Å²) in [5.74, 6) is -0.347. The van der Waals surface area contributed by atoms with E-state index in [0.29, 0.717) is 5.56 Å². The summed E-state index contributed by atoms with van der Waals surface area (Å²) in [6.45, 7) is 1.75. The molecule has 0 amide bonds. The monoisotopic (exact) mass is 177 g/mol. The summed E-state index contributed by atoms with van der Waals surface area (Å²) >= 11 is 0. The van der Waals surface area contributed by atoms with Gasteiger partial charge in [0.1, 0.15) is 0 Å². The number of benzene rings is 1. The topological polar surface area (TPSA) is 46.5 Å². The number of hydrogen-bond acceptors (Lipinski definition) is 3. The molecule has 68 valence electrons. The summed E-state index contributed by atoms with van der Waals surface area (Å²) < 4.78 is 0. The van der Waals surface area contributed by atoms with Gasteiger partial charge in [0.25, 0.3) is 0 Å². The van der Waals surface area contributed by atoms with Gasteiger partial charge in [0, 0.05) is 11.5 Å². The van der Waals surface area contributed by atoms with E-state index in [1.165, 1.54) is 0 Å². The molecule has 0 radical (unpaired) electrons. The molecule has 0 saturated heterocycles. The summed E-state index contributed by atoms with van der Waals surface area (Å²) in [5.41, 5.74) is 0.638. The maximum Gasteiger partial charge on any atom is 0.167 e. The van der Waals surface area contributed by atoms with E-state index in [1.54, 1.807) is 31.2 Å². The zero-order valence-corrected chi connectivity index (χ0v) is 7.43. The van der Waals surface area contributed by atoms with Crippen molar-refractivity contribution in [3.63, 3.8) is 0 Å². The van der Waals surface area contributed by atoms with Crippen molar-refractivity contribution in [2.24, 2.45) is 11.1 Å². The molecule has 1 rings (SSSR count). The fourth-order valence-corrected chi connectivity index (χ4v) is 1.08. The molecule has 0 heterocycles. The van der Waals surface area contributed by atoms with Crippen molar-refractivity contribution in [1.82, 2.24) is 0 Å². The van der Waals surface area contributed by atoms with Gasteiger partial charge in [-0.1, -0.05) is 42.4 Å². The lowest BCUT2D eigenvalue weighted by Gasteiger charge is -2.04. The molecule has 3 nitrogen and oxygen atoms in total. The molecule has 0 aromatic heterocycles. The zero-order valence-electron chi connectivity index (χ0n) is 7.43. The van der Waals surface area contributed by atoms with Gasteiger partial charge in [-0.2, -0.15) is 4.91 Å². The minimum absolute atomic E-state index is 0.0276. The highest BCUT2D eigenvalue weighted by atomic mass is 16.3. The second-order valence-corrected chi connectivity index (χ2v) is 2.94. The Morgan fingerprint density at radius 1 is 1.38 bits per heavy atom. The maximum absolute atomic E-state index is 11.5. The van der Waals surface area contributed by atoms with Crippen LogP contribution in [0.15, 0.2) is 35.5 Å². The van der Waals surface area contributed by atoms with E-state index in [-0.39, 0.29) is 18.2 Å². The highest BCUT2D eigenvalue weighted by Crippen LogP contribution is 2.08. The number of nitrogens with zero attached hydrogens (tertiary/aromatic N) is 1. The van der Waals surface area contributed by atoms with Crippen molar-refractivity contribution in [3.8, 4) is 0 Å². The Morgan fingerprint density at radius 2 is 2.00 bits per heavy atom. The van der Waals surface area contributed by atoms with Crippen molar-refractivity contribution >= 4 is 5.78 Å². The summed E-state index contributed by atoms with van der Waals surface area (Å²) in [6.07, 6.45) is 0. The van der Waals surface area contributed by atoms with Crippen molar-refractivity contribution in [1.29, 1.82) is 0 Å². The predicted octanol–water partition coefficient (Wildman–Crippen LogP) is 2.27. The molecule has 1 unspecified atom stereocenters. The molecular weight excluding hydrogens is 166 g/mol. The van der Waals surface area contributed by atoms with E-state index in [1.807, 2.05) is 6.07 Å². The normalized spacial score (nSPS) is 12.1. The quantitative estimate of drug-likeness (QED) is 0.523. The third-order valence-corrected chi connectivity index (χ3v) is 1.85. The number of ketones is 1. The number of rotatable bonds is 4. The summed E-state index contributed by atoms with van der Waals surface area (Å²) in [5, 5.41) is 2.71. The first-order valence-corrected chi connectivity index (χ1v) is 4.14. The second kappa shape index (κ2) is 4.50. The summed E-state index contributed by atoms with van der Waals surface area (Å²) in [4.78, 5) is 21.5. The number of nitroso groups, excluding NO2 is 1. The fraction of sp³-hybridized carbons (Fsp3) is 0.300. The Morgan fingerprint density at radius 3 is 2.54 bits per heavy atom. The average molecular weight is 177 g/mol. The predicted molar refractivity (Wildman–Crippen MR) is 50.6 cm³/mol. The Hall–Kier alpha value is -1.51. The number of carbonyl (C=O) groups excluding carboxylic acids is 1. The van der Waals surface area contributed by atoms with Crippen LogP contribution in [-0.4, -0.2) is 12.3 Å². The van der Waals surface area contributed by atoms with E-state index in [9.17, 15) is 9.70 Å². The van der Waals surface area contributed by atoms with E-state index in [0.717, 1.165) is 0 Å². The third kappa shape index (κ3) is 2.47. The van der Waals surface area contributed by atoms with Crippen LogP contribution in [0.2, 0.25) is 0 Å². The smallest absolute Gasteiger partial charge is 0.167 e. The van der Waals surface area contributed by atoms with Gasteiger partial charge in [-0.15, -0.1) is 0 Å². The SMILES string of the molecule is CC(CN=O)C(=O)c1ccccc1. The van der Waals surface area contributed by atoms with Crippen LogP contribution in [0.25, 0.3) is 0 Å². The van der Waals surface area contributed by atoms with E-state index in [2.05, 4.69) is 5.18 Å².